The maximum absolute atomic E-state index is 2.40. The first-order valence-corrected chi connectivity index (χ1v) is 4.97. The van der Waals surface area contributed by atoms with Crippen LogP contribution in [0.5, 0.6) is 0 Å². The van der Waals surface area contributed by atoms with Gasteiger partial charge in [0.1, 0.15) is 0 Å². The molecule has 0 atom stereocenters. The number of rotatable bonds is 2. The lowest BCUT2D eigenvalue weighted by Crippen LogP contribution is -1.84. The van der Waals surface area contributed by atoms with E-state index in [-0.39, 0.29) is 0 Å². The Balaban J connectivity index is 2.75. The van der Waals surface area contributed by atoms with Gasteiger partial charge in [-0.15, -0.1) is 0 Å². The van der Waals surface area contributed by atoms with E-state index in [0.29, 0.717) is 0 Å². The second kappa shape index (κ2) is 3.96. The molecule has 0 spiro atoms. The summed E-state index contributed by atoms with van der Waals surface area (Å²) in [5, 5.41) is 0. The van der Waals surface area contributed by atoms with Gasteiger partial charge >= 0.3 is 0 Å². The fraction of sp³-hybridized carbons (Fsp3) is 0.333. The van der Waals surface area contributed by atoms with Crippen molar-refractivity contribution < 1.29 is 0 Å². The third-order valence-corrected chi connectivity index (χ3v) is 2.01. The second-order valence-corrected chi connectivity index (χ2v) is 3.51. The maximum atomic E-state index is 2.40. The summed E-state index contributed by atoms with van der Waals surface area (Å²) in [5.41, 5.74) is 2.82. The molecule has 0 aliphatic heterocycles. The smallest absolute Gasteiger partial charge is 0.00358 e. The molecule has 1 aromatic rings. The van der Waals surface area contributed by atoms with E-state index in [0.717, 1.165) is 0 Å². The average molecular weight is 246 g/mol. The SMILES string of the molecule is Cc1cccc(CCI)c1. The van der Waals surface area contributed by atoms with Gasteiger partial charge in [0.15, 0.2) is 0 Å². The Bertz CT molecular complexity index is 206. The monoisotopic (exact) mass is 246 g/mol. The minimum absolute atomic E-state index is 1.20. The van der Waals surface area contributed by atoms with Gasteiger partial charge in [0.2, 0.25) is 0 Å². The molecule has 54 valence electrons. The first kappa shape index (κ1) is 8.05. The van der Waals surface area contributed by atoms with Crippen molar-refractivity contribution in [3.05, 3.63) is 35.4 Å². The predicted octanol–water partition coefficient (Wildman–Crippen LogP) is 2.97. The normalized spacial score (nSPS) is 9.80. The predicted molar refractivity (Wildman–Crippen MR) is 53.8 cm³/mol. The summed E-state index contributed by atoms with van der Waals surface area (Å²) in [6.45, 7) is 2.14. The Morgan fingerprint density at radius 2 is 2.20 bits per heavy atom. The van der Waals surface area contributed by atoms with Crippen molar-refractivity contribution >= 4 is 22.6 Å². The average Bonchev–Trinajstić information content (AvgIpc) is 1.88. The Hall–Kier alpha value is -0.0500. The highest BCUT2D eigenvalue weighted by atomic mass is 127. The molecule has 0 N–H and O–H groups in total. The van der Waals surface area contributed by atoms with Crippen LogP contribution in [0.4, 0.5) is 0 Å². The molecular weight excluding hydrogens is 235 g/mol. The summed E-state index contributed by atoms with van der Waals surface area (Å²) in [7, 11) is 0. The molecule has 0 aromatic heterocycles. The van der Waals surface area contributed by atoms with Gasteiger partial charge in [-0.3, -0.25) is 0 Å². The van der Waals surface area contributed by atoms with Gasteiger partial charge in [-0.25, -0.2) is 0 Å². The summed E-state index contributed by atoms with van der Waals surface area (Å²) in [5.74, 6) is 0. The zero-order chi connectivity index (χ0) is 7.40. The van der Waals surface area contributed by atoms with E-state index < -0.39 is 0 Å². The number of hydrogen-bond donors (Lipinski definition) is 0. The van der Waals surface area contributed by atoms with Crippen molar-refractivity contribution in [3.63, 3.8) is 0 Å². The van der Waals surface area contributed by atoms with Gasteiger partial charge in [-0.05, 0) is 18.9 Å². The van der Waals surface area contributed by atoms with Crippen LogP contribution in [0.25, 0.3) is 0 Å². The molecule has 0 saturated carbocycles. The molecular formula is C9H11I. The van der Waals surface area contributed by atoms with E-state index in [4.69, 9.17) is 0 Å². The number of halogens is 1. The van der Waals surface area contributed by atoms with Gasteiger partial charge < -0.3 is 0 Å². The van der Waals surface area contributed by atoms with Crippen LogP contribution >= 0.6 is 22.6 Å². The van der Waals surface area contributed by atoms with E-state index in [1.165, 1.54) is 22.0 Å². The number of benzene rings is 1. The van der Waals surface area contributed by atoms with Crippen LogP contribution in [0.3, 0.4) is 0 Å². The highest BCUT2D eigenvalue weighted by Crippen LogP contribution is 2.05. The van der Waals surface area contributed by atoms with Crippen molar-refractivity contribution in [1.29, 1.82) is 0 Å². The number of aryl methyl sites for hydroxylation is 2. The summed E-state index contributed by atoms with van der Waals surface area (Å²) >= 11 is 2.40. The molecule has 0 unspecified atom stereocenters. The molecule has 0 nitrogen and oxygen atoms in total. The molecule has 0 amide bonds. The third-order valence-electron chi connectivity index (χ3n) is 1.47. The van der Waals surface area contributed by atoms with E-state index in [9.17, 15) is 0 Å². The Morgan fingerprint density at radius 3 is 2.80 bits per heavy atom. The van der Waals surface area contributed by atoms with Crippen molar-refractivity contribution in [3.8, 4) is 0 Å². The van der Waals surface area contributed by atoms with E-state index in [1.807, 2.05) is 0 Å². The van der Waals surface area contributed by atoms with Gasteiger partial charge in [0.05, 0.1) is 0 Å². The quantitative estimate of drug-likeness (QED) is 0.556. The van der Waals surface area contributed by atoms with Gasteiger partial charge in [-0.2, -0.15) is 0 Å². The van der Waals surface area contributed by atoms with Crippen LogP contribution < -0.4 is 0 Å². The molecule has 10 heavy (non-hydrogen) atoms. The van der Waals surface area contributed by atoms with Crippen LogP contribution in [0.2, 0.25) is 0 Å². The van der Waals surface area contributed by atoms with E-state index in [1.54, 1.807) is 0 Å². The molecule has 0 saturated heterocycles. The van der Waals surface area contributed by atoms with Crippen LogP contribution in [0, 0.1) is 6.92 Å². The lowest BCUT2D eigenvalue weighted by molar-refractivity contribution is 1.17. The van der Waals surface area contributed by atoms with Crippen molar-refractivity contribution in [2.75, 3.05) is 4.43 Å². The van der Waals surface area contributed by atoms with E-state index in [2.05, 4.69) is 53.8 Å². The molecule has 0 bridgehead atoms. The molecule has 0 radical (unpaired) electrons. The number of alkyl halides is 1. The highest BCUT2D eigenvalue weighted by molar-refractivity contribution is 14.1. The van der Waals surface area contributed by atoms with Crippen LogP contribution in [-0.4, -0.2) is 4.43 Å². The zero-order valence-corrected chi connectivity index (χ0v) is 8.26. The Kier molecular flexibility index (Phi) is 3.19. The van der Waals surface area contributed by atoms with Crippen LogP contribution in [0.15, 0.2) is 24.3 Å². The fourth-order valence-electron chi connectivity index (χ4n) is 0.977. The lowest BCUT2D eigenvalue weighted by atomic mass is 10.1. The standard InChI is InChI=1S/C9H11I/c1-8-3-2-4-9(7-8)5-6-10/h2-4,7H,5-6H2,1H3. The minimum Gasteiger partial charge on any atom is -0.0860 e. The Morgan fingerprint density at radius 1 is 1.40 bits per heavy atom. The molecule has 1 rings (SSSR count). The molecule has 0 heterocycles. The van der Waals surface area contributed by atoms with Crippen LogP contribution in [-0.2, 0) is 6.42 Å². The van der Waals surface area contributed by atoms with Crippen molar-refractivity contribution in [2.24, 2.45) is 0 Å². The summed E-state index contributed by atoms with van der Waals surface area (Å²) in [6, 6.07) is 8.69. The second-order valence-electron chi connectivity index (χ2n) is 2.43. The summed E-state index contributed by atoms with van der Waals surface area (Å²) in [4.78, 5) is 0. The lowest BCUT2D eigenvalue weighted by Gasteiger charge is -1.97. The van der Waals surface area contributed by atoms with E-state index >= 15 is 0 Å². The highest BCUT2D eigenvalue weighted by Gasteiger charge is 1.89. The van der Waals surface area contributed by atoms with Crippen molar-refractivity contribution in [1.82, 2.24) is 0 Å². The van der Waals surface area contributed by atoms with Crippen molar-refractivity contribution in [2.45, 2.75) is 13.3 Å². The Labute approximate surface area is 75.8 Å². The van der Waals surface area contributed by atoms with Gasteiger partial charge in [0, 0.05) is 4.43 Å². The van der Waals surface area contributed by atoms with Gasteiger partial charge in [0.25, 0.3) is 0 Å². The topological polar surface area (TPSA) is 0 Å². The minimum atomic E-state index is 1.20. The summed E-state index contributed by atoms with van der Waals surface area (Å²) in [6.07, 6.45) is 1.20. The first-order valence-electron chi connectivity index (χ1n) is 3.44. The maximum Gasteiger partial charge on any atom is 0.00358 e. The molecule has 0 aliphatic rings. The molecule has 1 heteroatoms. The first-order chi connectivity index (χ1) is 4.83. The molecule has 0 aliphatic carbocycles. The fourth-order valence-corrected chi connectivity index (χ4v) is 1.60. The zero-order valence-electron chi connectivity index (χ0n) is 6.10. The van der Waals surface area contributed by atoms with Gasteiger partial charge in [-0.1, -0.05) is 52.4 Å². The molecule has 0 fully saturated rings. The van der Waals surface area contributed by atoms with Crippen LogP contribution in [0.1, 0.15) is 11.1 Å². The largest absolute Gasteiger partial charge is 0.0860 e. The summed E-state index contributed by atoms with van der Waals surface area (Å²) < 4.78 is 1.21. The third kappa shape index (κ3) is 2.29. The number of hydrogen-bond acceptors (Lipinski definition) is 0. The molecule has 1 aromatic carbocycles.